The van der Waals surface area contributed by atoms with Gasteiger partial charge in [-0.15, -0.1) is 13.2 Å². The molecule has 1 N–H and O–H groups in total. The molecule has 0 spiro atoms. The van der Waals surface area contributed by atoms with Crippen LogP contribution in [-0.2, 0) is 4.74 Å². The number of para-hydroxylation sites is 1. The molecule has 0 aromatic heterocycles. The van der Waals surface area contributed by atoms with Gasteiger partial charge in [0.15, 0.2) is 0 Å². The molecule has 0 bridgehead atoms. The first kappa shape index (κ1) is 15.8. The van der Waals surface area contributed by atoms with Crippen molar-refractivity contribution in [2.45, 2.75) is 32.2 Å². The van der Waals surface area contributed by atoms with Crippen LogP contribution in [0, 0.1) is 0 Å². The molecular weight excluding hydrogens is 261 g/mol. The number of ether oxygens (including phenoxy) is 2. The fourth-order valence-electron chi connectivity index (χ4n) is 1.65. The molecule has 0 saturated carbocycles. The summed E-state index contributed by atoms with van der Waals surface area (Å²) in [5.41, 5.74) is 0.135. The Bertz CT molecular complexity index is 380. The number of rotatable bonds is 7. The predicted molar refractivity (Wildman–Crippen MR) is 63.8 cm³/mol. The monoisotopic (exact) mass is 278 g/mol. The van der Waals surface area contributed by atoms with Gasteiger partial charge in [-0.2, -0.15) is 0 Å². The normalized spacial score (nSPS) is 13.3. The maximum absolute atomic E-state index is 12.2. The Balaban J connectivity index is 2.65. The van der Waals surface area contributed by atoms with Gasteiger partial charge in [0, 0.05) is 18.8 Å². The molecule has 19 heavy (non-hydrogen) atoms. The van der Waals surface area contributed by atoms with Crippen molar-refractivity contribution in [3.05, 3.63) is 29.8 Å². The number of alkyl halides is 3. The maximum atomic E-state index is 12.2. The highest BCUT2D eigenvalue weighted by molar-refractivity contribution is 5.35. The van der Waals surface area contributed by atoms with E-state index < -0.39 is 12.5 Å². The smallest absolute Gasteiger partial charge is 0.405 e. The van der Waals surface area contributed by atoms with E-state index in [4.69, 9.17) is 4.74 Å². The van der Waals surface area contributed by atoms with Crippen molar-refractivity contribution in [2.75, 3.05) is 13.2 Å². The van der Waals surface area contributed by atoms with Crippen molar-refractivity contribution in [1.29, 1.82) is 0 Å². The van der Waals surface area contributed by atoms with E-state index in [1.807, 2.05) is 6.92 Å². The number of aliphatic hydroxyl groups is 1. The van der Waals surface area contributed by atoms with E-state index in [0.29, 0.717) is 26.1 Å². The van der Waals surface area contributed by atoms with Gasteiger partial charge in [0.2, 0.25) is 0 Å². The quantitative estimate of drug-likeness (QED) is 0.776. The summed E-state index contributed by atoms with van der Waals surface area (Å²) in [6.07, 6.45) is -4.88. The minimum atomic E-state index is -4.76. The minimum Gasteiger partial charge on any atom is -0.405 e. The van der Waals surface area contributed by atoms with Gasteiger partial charge >= 0.3 is 6.36 Å². The van der Waals surface area contributed by atoms with Gasteiger partial charge in [0.05, 0.1) is 6.10 Å². The highest BCUT2D eigenvalue weighted by Gasteiger charge is 2.32. The Morgan fingerprint density at radius 1 is 1.26 bits per heavy atom. The zero-order valence-corrected chi connectivity index (χ0v) is 10.6. The molecule has 1 aromatic rings. The summed E-state index contributed by atoms with van der Waals surface area (Å²) in [6, 6.07) is 5.60. The van der Waals surface area contributed by atoms with E-state index in [9.17, 15) is 18.3 Å². The van der Waals surface area contributed by atoms with Crippen LogP contribution in [0.15, 0.2) is 24.3 Å². The molecule has 0 aliphatic heterocycles. The Morgan fingerprint density at radius 3 is 2.58 bits per heavy atom. The lowest BCUT2D eigenvalue weighted by atomic mass is 10.0. The lowest BCUT2D eigenvalue weighted by molar-refractivity contribution is -0.275. The average molecular weight is 278 g/mol. The first-order valence-corrected chi connectivity index (χ1v) is 6.04. The number of hydrogen-bond acceptors (Lipinski definition) is 3. The zero-order valence-electron chi connectivity index (χ0n) is 10.6. The summed E-state index contributed by atoms with van der Waals surface area (Å²) >= 11 is 0. The Morgan fingerprint density at radius 2 is 1.95 bits per heavy atom. The third-order valence-electron chi connectivity index (χ3n) is 2.47. The molecule has 1 unspecified atom stereocenters. The summed E-state index contributed by atoms with van der Waals surface area (Å²) in [4.78, 5) is 0. The van der Waals surface area contributed by atoms with Crippen LogP contribution in [0.2, 0.25) is 0 Å². The second-order valence-electron chi connectivity index (χ2n) is 3.94. The van der Waals surface area contributed by atoms with Crippen molar-refractivity contribution in [2.24, 2.45) is 0 Å². The molecule has 108 valence electrons. The van der Waals surface area contributed by atoms with E-state index in [1.165, 1.54) is 18.2 Å². The standard InChI is InChI=1S/C13H17F3O3/c1-2-18-9-5-7-11(17)10-6-3-4-8-12(10)19-13(14,15)16/h3-4,6,8,11,17H,2,5,7,9H2,1H3. The van der Waals surface area contributed by atoms with Gasteiger partial charge in [-0.05, 0) is 25.8 Å². The molecule has 0 fully saturated rings. The molecule has 3 nitrogen and oxygen atoms in total. The molecular formula is C13H17F3O3. The Kier molecular flexibility index (Phi) is 6.11. The van der Waals surface area contributed by atoms with Gasteiger partial charge in [-0.25, -0.2) is 0 Å². The lowest BCUT2D eigenvalue weighted by Crippen LogP contribution is -2.18. The average Bonchev–Trinajstić information content (AvgIpc) is 2.33. The number of benzene rings is 1. The van der Waals surface area contributed by atoms with Crippen molar-refractivity contribution in [1.82, 2.24) is 0 Å². The fourth-order valence-corrected chi connectivity index (χ4v) is 1.65. The molecule has 0 amide bonds. The zero-order chi connectivity index (χ0) is 14.3. The van der Waals surface area contributed by atoms with Gasteiger partial charge in [0.1, 0.15) is 5.75 Å². The van der Waals surface area contributed by atoms with Gasteiger partial charge < -0.3 is 14.6 Å². The van der Waals surface area contributed by atoms with Crippen molar-refractivity contribution in [3.8, 4) is 5.75 Å². The van der Waals surface area contributed by atoms with E-state index in [-0.39, 0.29) is 11.3 Å². The Hall–Kier alpha value is -1.27. The first-order valence-electron chi connectivity index (χ1n) is 6.04. The van der Waals surface area contributed by atoms with E-state index >= 15 is 0 Å². The van der Waals surface area contributed by atoms with Crippen LogP contribution < -0.4 is 4.74 Å². The minimum absolute atomic E-state index is 0.135. The lowest BCUT2D eigenvalue weighted by Gasteiger charge is -2.17. The summed E-state index contributed by atoms with van der Waals surface area (Å²) in [5, 5.41) is 9.89. The molecule has 0 saturated heterocycles. The van der Waals surface area contributed by atoms with E-state index in [1.54, 1.807) is 6.07 Å². The topological polar surface area (TPSA) is 38.7 Å². The Labute approximate surface area is 110 Å². The summed E-state index contributed by atoms with van der Waals surface area (Å²) in [5.74, 6) is -0.362. The van der Waals surface area contributed by atoms with Crippen LogP contribution in [0.1, 0.15) is 31.4 Å². The summed E-state index contributed by atoms with van der Waals surface area (Å²) < 4.78 is 45.6. The predicted octanol–water partition coefficient (Wildman–Crippen LogP) is 3.44. The molecule has 0 aliphatic rings. The van der Waals surface area contributed by atoms with Gasteiger partial charge in [-0.3, -0.25) is 0 Å². The van der Waals surface area contributed by atoms with Crippen LogP contribution in [0.4, 0.5) is 13.2 Å². The molecule has 1 aromatic carbocycles. The number of halogens is 3. The van der Waals surface area contributed by atoms with E-state index in [0.717, 1.165) is 0 Å². The van der Waals surface area contributed by atoms with Crippen LogP contribution in [0.3, 0.4) is 0 Å². The fraction of sp³-hybridized carbons (Fsp3) is 0.538. The summed E-state index contributed by atoms with van der Waals surface area (Å²) in [6.45, 7) is 2.89. The largest absolute Gasteiger partial charge is 0.573 e. The van der Waals surface area contributed by atoms with Crippen molar-refractivity contribution >= 4 is 0 Å². The summed E-state index contributed by atoms with van der Waals surface area (Å²) in [7, 11) is 0. The highest BCUT2D eigenvalue weighted by atomic mass is 19.4. The van der Waals surface area contributed by atoms with Gasteiger partial charge in [-0.1, -0.05) is 18.2 Å². The second kappa shape index (κ2) is 7.35. The second-order valence-corrected chi connectivity index (χ2v) is 3.94. The van der Waals surface area contributed by atoms with Crippen LogP contribution >= 0.6 is 0 Å². The van der Waals surface area contributed by atoms with Crippen molar-refractivity contribution < 1.29 is 27.8 Å². The molecule has 6 heteroatoms. The third kappa shape index (κ3) is 5.94. The maximum Gasteiger partial charge on any atom is 0.573 e. The number of aliphatic hydroxyl groups excluding tert-OH is 1. The molecule has 1 atom stereocenters. The van der Waals surface area contributed by atoms with Crippen molar-refractivity contribution in [3.63, 3.8) is 0 Å². The van der Waals surface area contributed by atoms with Crippen LogP contribution in [0.5, 0.6) is 5.75 Å². The van der Waals surface area contributed by atoms with Crippen LogP contribution in [-0.4, -0.2) is 24.7 Å². The third-order valence-corrected chi connectivity index (χ3v) is 2.47. The van der Waals surface area contributed by atoms with Gasteiger partial charge in [0.25, 0.3) is 0 Å². The molecule has 0 heterocycles. The van der Waals surface area contributed by atoms with Crippen LogP contribution in [0.25, 0.3) is 0 Å². The molecule has 0 aliphatic carbocycles. The highest BCUT2D eigenvalue weighted by Crippen LogP contribution is 2.31. The molecule has 0 radical (unpaired) electrons. The van der Waals surface area contributed by atoms with E-state index in [2.05, 4.69) is 4.74 Å². The number of hydrogen-bond donors (Lipinski definition) is 1. The SMILES string of the molecule is CCOCCCC(O)c1ccccc1OC(F)(F)F. The first-order chi connectivity index (χ1) is 8.94. The molecule has 1 rings (SSSR count).